The van der Waals surface area contributed by atoms with E-state index < -0.39 is 6.29 Å². The number of unbranched alkanes of at least 4 members (excludes halogenated alkanes) is 24. The Kier molecular flexibility index (Phi) is 37.7. The summed E-state index contributed by atoms with van der Waals surface area (Å²) in [4.78, 5) is 14.0. The van der Waals surface area contributed by atoms with Crippen LogP contribution < -0.4 is 0 Å². The first-order chi connectivity index (χ1) is 23.5. The van der Waals surface area contributed by atoms with E-state index in [0.717, 1.165) is 19.3 Å². The summed E-state index contributed by atoms with van der Waals surface area (Å²) in [5.41, 5.74) is 0. The summed E-state index contributed by atoms with van der Waals surface area (Å²) in [5, 5.41) is 0. The summed E-state index contributed by atoms with van der Waals surface area (Å²) in [5.74, 6) is -0.314. The third-order valence-electron chi connectivity index (χ3n) is 9.06. The molecule has 5 heteroatoms. The monoisotopic (exact) mass is 678 g/mol. The number of nitrogens with zero attached hydrogens (tertiary/aromatic N) is 1. The Morgan fingerprint density at radius 1 is 0.500 bits per heavy atom. The number of carbonyl (C=O) groups is 1. The molecule has 0 aromatic heterocycles. The Labute approximate surface area is 300 Å². The van der Waals surface area contributed by atoms with Crippen LogP contribution in [0.5, 0.6) is 0 Å². The van der Waals surface area contributed by atoms with E-state index in [1.807, 2.05) is 14.1 Å². The molecule has 284 valence electrons. The highest BCUT2D eigenvalue weighted by atomic mass is 16.7. The van der Waals surface area contributed by atoms with Crippen LogP contribution in [0.3, 0.4) is 0 Å². The Balaban J connectivity index is 3.99. The van der Waals surface area contributed by atoms with E-state index in [1.165, 1.54) is 167 Å². The van der Waals surface area contributed by atoms with Crippen LogP contribution in [0.1, 0.15) is 201 Å². The summed E-state index contributed by atoms with van der Waals surface area (Å²) in [7, 11) is 4.05. The molecule has 0 saturated carbocycles. The van der Waals surface area contributed by atoms with Crippen molar-refractivity contribution in [3.8, 4) is 0 Å². The highest BCUT2D eigenvalue weighted by Gasteiger charge is 2.26. The topological polar surface area (TPSA) is 48.0 Å². The number of hydrogen-bond donors (Lipinski definition) is 0. The zero-order chi connectivity index (χ0) is 35.2. The lowest BCUT2D eigenvalue weighted by atomic mass is 10.1. The molecule has 2 unspecified atom stereocenters. The van der Waals surface area contributed by atoms with E-state index in [4.69, 9.17) is 14.2 Å². The van der Waals surface area contributed by atoms with Crippen molar-refractivity contribution >= 4 is 5.97 Å². The van der Waals surface area contributed by atoms with Crippen molar-refractivity contribution in [3.63, 3.8) is 0 Å². The quantitative estimate of drug-likeness (QED) is 0.0282. The molecule has 0 heterocycles. The maximum absolute atomic E-state index is 11.9. The van der Waals surface area contributed by atoms with Crippen molar-refractivity contribution in [2.45, 2.75) is 213 Å². The Morgan fingerprint density at radius 3 is 1.19 bits per heavy atom. The van der Waals surface area contributed by atoms with E-state index in [1.54, 1.807) is 0 Å². The second kappa shape index (κ2) is 38.6. The maximum atomic E-state index is 11.9. The van der Waals surface area contributed by atoms with Crippen LogP contribution in [0.2, 0.25) is 0 Å². The zero-order valence-corrected chi connectivity index (χ0v) is 33.0. The summed E-state index contributed by atoms with van der Waals surface area (Å²) in [6, 6.07) is 0. The zero-order valence-electron chi connectivity index (χ0n) is 33.0. The minimum Gasteiger partial charge on any atom is -0.433 e. The SMILES string of the molecule is CCCCCCCC/C=C\CCCCCCCCOC(CN(C)C)C(OCCCCCCCC/C=C\CCCCCCCC)OC(C)=O. The average molecular weight is 678 g/mol. The number of rotatable bonds is 38. The van der Waals surface area contributed by atoms with Gasteiger partial charge in [-0.3, -0.25) is 4.79 Å². The number of hydrogen-bond acceptors (Lipinski definition) is 5. The van der Waals surface area contributed by atoms with Crippen molar-refractivity contribution in [3.05, 3.63) is 24.3 Å². The lowest BCUT2D eigenvalue weighted by molar-refractivity contribution is -0.211. The van der Waals surface area contributed by atoms with Crippen LogP contribution in [0, 0.1) is 0 Å². The minimum atomic E-state index is -0.651. The average Bonchev–Trinajstić information content (AvgIpc) is 3.06. The molecule has 0 aromatic carbocycles. The van der Waals surface area contributed by atoms with Crippen molar-refractivity contribution in [1.82, 2.24) is 4.90 Å². The number of esters is 1. The van der Waals surface area contributed by atoms with Crippen molar-refractivity contribution in [1.29, 1.82) is 0 Å². The first-order valence-corrected chi connectivity index (χ1v) is 20.9. The van der Waals surface area contributed by atoms with Crippen LogP contribution in [-0.4, -0.2) is 57.1 Å². The first kappa shape index (κ1) is 46.8. The third kappa shape index (κ3) is 36.1. The largest absolute Gasteiger partial charge is 0.433 e. The standard InChI is InChI=1S/C43H83NO4/c1-6-8-10-12-14-16-18-20-22-24-26-28-30-32-34-36-38-46-42(40-44(4)5)43(48-41(3)45)47-39-37-35-33-31-29-27-25-23-21-19-17-15-13-11-9-7-2/h20-23,42-43H,6-19,24-40H2,1-5H3/b22-20-,23-21-. The molecule has 0 saturated heterocycles. The Morgan fingerprint density at radius 2 is 0.833 bits per heavy atom. The van der Waals surface area contributed by atoms with Gasteiger partial charge in [0.1, 0.15) is 6.10 Å². The molecule has 0 rings (SSSR count). The maximum Gasteiger partial charge on any atom is 0.305 e. The van der Waals surface area contributed by atoms with Gasteiger partial charge in [0.05, 0.1) is 6.61 Å². The van der Waals surface area contributed by atoms with Gasteiger partial charge in [-0.25, -0.2) is 0 Å². The number of carbonyl (C=O) groups excluding carboxylic acids is 1. The molecule has 0 aromatic rings. The molecule has 0 radical (unpaired) electrons. The molecule has 0 spiro atoms. The number of likely N-dealkylation sites (N-methyl/N-ethyl adjacent to an activating group) is 1. The van der Waals surface area contributed by atoms with E-state index in [-0.39, 0.29) is 12.1 Å². The highest BCUT2D eigenvalue weighted by molar-refractivity contribution is 5.66. The lowest BCUT2D eigenvalue weighted by Crippen LogP contribution is -2.42. The second-order valence-corrected chi connectivity index (χ2v) is 14.4. The summed E-state index contributed by atoms with van der Waals surface area (Å²) >= 11 is 0. The fourth-order valence-corrected chi connectivity index (χ4v) is 6.09. The van der Waals surface area contributed by atoms with Gasteiger partial charge >= 0.3 is 5.97 Å². The second-order valence-electron chi connectivity index (χ2n) is 14.4. The van der Waals surface area contributed by atoms with Gasteiger partial charge in [0.15, 0.2) is 0 Å². The van der Waals surface area contributed by atoms with E-state index in [2.05, 4.69) is 43.1 Å². The van der Waals surface area contributed by atoms with Gasteiger partial charge in [0.2, 0.25) is 6.29 Å². The Hall–Kier alpha value is -1.17. The fraction of sp³-hybridized carbons (Fsp3) is 0.884. The molecule has 0 aliphatic heterocycles. The predicted molar refractivity (Wildman–Crippen MR) is 209 cm³/mol. The van der Waals surface area contributed by atoms with Gasteiger partial charge in [-0.2, -0.15) is 0 Å². The normalized spacial score (nSPS) is 13.3. The summed E-state index contributed by atoms with van der Waals surface area (Å²) in [6.07, 6.45) is 44.7. The van der Waals surface area contributed by atoms with Crippen LogP contribution in [0.25, 0.3) is 0 Å². The van der Waals surface area contributed by atoms with Gasteiger partial charge in [0.25, 0.3) is 0 Å². The van der Waals surface area contributed by atoms with Crippen molar-refractivity contribution in [2.75, 3.05) is 33.9 Å². The van der Waals surface area contributed by atoms with Crippen molar-refractivity contribution in [2.24, 2.45) is 0 Å². The molecule has 0 aliphatic carbocycles. The molecule has 0 bridgehead atoms. The van der Waals surface area contributed by atoms with Gasteiger partial charge < -0.3 is 19.1 Å². The molecular formula is C43H83NO4. The summed E-state index contributed by atoms with van der Waals surface area (Å²) in [6.45, 7) is 7.95. The highest BCUT2D eigenvalue weighted by Crippen LogP contribution is 2.15. The molecule has 0 amide bonds. The third-order valence-corrected chi connectivity index (χ3v) is 9.06. The Bertz CT molecular complexity index is 707. The predicted octanol–water partition coefficient (Wildman–Crippen LogP) is 12.9. The van der Waals surface area contributed by atoms with Crippen LogP contribution in [0.4, 0.5) is 0 Å². The molecule has 5 nitrogen and oxygen atoms in total. The molecule has 2 atom stereocenters. The number of ether oxygens (including phenoxy) is 3. The molecule has 48 heavy (non-hydrogen) atoms. The van der Waals surface area contributed by atoms with Crippen LogP contribution in [-0.2, 0) is 19.0 Å². The smallest absolute Gasteiger partial charge is 0.305 e. The van der Waals surface area contributed by atoms with Crippen molar-refractivity contribution < 1.29 is 19.0 Å². The van der Waals surface area contributed by atoms with Gasteiger partial charge in [-0.05, 0) is 78.3 Å². The van der Waals surface area contributed by atoms with E-state index in [0.29, 0.717) is 19.8 Å². The molecule has 0 N–H and O–H groups in total. The van der Waals surface area contributed by atoms with E-state index >= 15 is 0 Å². The molecule has 0 fully saturated rings. The fourth-order valence-electron chi connectivity index (χ4n) is 6.09. The van der Waals surface area contributed by atoms with Gasteiger partial charge in [0, 0.05) is 20.1 Å². The van der Waals surface area contributed by atoms with Crippen LogP contribution in [0.15, 0.2) is 24.3 Å². The minimum absolute atomic E-state index is 0.277. The number of allylic oxidation sites excluding steroid dienone is 4. The summed E-state index contributed by atoms with van der Waals surface area (Å²) < 4.78 is 18.0. The van der Waals surface area contributed by atoms with Crippen LogP contribution >= 0.6 is 0 Å². The van der Waals surface area contributed by atoms with E-state index in [9.17, 15) is 4.79 Å². The van der Waals surface area contributed by atoms with Gasteiger partial charge in [-0.15, -0.1) is 0 Å². The van der Waals surface area contributed by atoms with Gasteiger partial charge in [-0.1, -0.05) is 154 Å². The first-order valence-electron chi connectivity index (χ1n) is 20.9. The lowest BCUT2D eigenvalue weighted by Gasteiger charge is -2.29. The molecular weight excluding hydrogens is 594 g/mol. The molecule has 0 aliphatic rings.